The highest BCUT2D eigenvalue weighted by Crippen LogP contribution is 2.26. The maximum absolute atomic E-state index is 2.32. The van der Waals surface area contributed by atoms with Crippen LogP contribution >= 0.6 is 0 Å². The molecule has 0 saturated heterocycles. The average Bonchev–Trinajstić information content (AvgIpc) is 2.29. The summed E-state index contributed by atoms with van der Waals surface area (Å²) in [6, 6.07) is 9.10. The summed E-state index contributed by atoms with van der Waals surface area (Å²) in [4.78, 5) is 0. The monoisotopic (exact) mass is 254 g/mol. The predicted molar refractivity (Wildman–Crippen MR) is 81.4 cm³/mol. The van der Waals surface area contributed by atoms with Crippen LogP contribution in [0, 0.1) is 20.8 Å². The quantitative estimate of drug-likeness (QED) is 0.706. The lowest BCUT2D eigenvalue weighted by Gasteiger charge is -2.11. The molecule has 0 fully saturated rings. The zero-order valence-corrected chi connectivity index (χ0v) is 12.9. The third-order valence-electron chi connectivity index (χ3n) is 3.74. The molecule has 0 radical (unpaired) electrons. The van der Waals surface area contributed by atoms with E-state index in [4.69, 9.17) is 0 Å². The number of aromatic nitrogens is 1. The highest BCUT2D eigenvalue weighted by Gasteiger charge is 2.16. The van der Waals surface area contributed by atoms with Crippen LogP contribution in [-0.4, -0.2) is 0 Å². The second kappa shape index (κ2) is 5.16. The van der Waals surface area contributed by atoms with E-state index in [1.165, 1.54) is 33.5 Å². The van der Waals surface area contributed by atoms with Crippen LogP contribution in [0.2, 0.25) is 0 Å². The molecule has 0 saturated carbocycles. The summed E-state index contributed by atoms with van der Waals surface area (Å²) in [7, 11) is 2.13. The predicted octanol–water partition coefficient (Wildman–Crippen LogP) is 4.23. The van der Waals surface area contributed by atoms with E-state index in [0.717, 1.165) is 0 Å². The summed E-state index contributed by atoms with van der Waals surface area (Å²) in [6.45, 7) is 11.0. The van der Waals surface area contributed by atoms with E-state index in [2.05, 4.69) is 76.7 Å². The zero-order chi connectivity index (χ0) is 14.2. The van der Waals surface area contributed by atoms with Crippen LogP contribution < -0.4 is 4.57 Å². The van der Waals surface area contributed by atoms with Crippen molar-refractivity contribution in [2.75, 3.05) is 0 Å². The lowest BCUT2D eigenvalue weighted by Crippen LogP contribution is -2.32. The molecule has 19 heavy (non-hydrogen) atoms. The molecule has 0 aliphatic carbocycles. The van der Waals surface area contributed by atoms with E-state index in [1.807, 2.05) is 0 Å². The molecule has 0 amide bonds. The largest absolute Gasteiger partial charge is 0.215 e. The van der Waals surface area contributed by atoms with Gasteiger partial charge in [0.15, 0.2) is 6.20 Å². The summed E-state index contributed by atoms with van der Waals surface area (Å²) < 4.78 is 2.24. The van der Waals surface area contributed by atoms with E-state index < -0.39 is 0 Å². The third kappa shape index (κ3) is 2.70. The molecule has 0 aliphatic rings. The molecule has 0 unspecified atom stereocenters. The minimum Gasteiger partial charge on any atom is -0.201 e. The molecular formula is C18H24N+. The molecule has 1 aromatic carbocycles. The van der Waals surface area contributed by atoms with Crippen LogP contribution in [0.1, 0.15) is 42.0 Å². The van der Waals surface area contributed by atoms with Gasteiger partial charge in [0.2, 0.25) is 5.69 Å². The van der Waals surface area contributed by atoms with Crippen molar-refractivity contribution in [3.05, 3.63) is 52.7 Å². The topological polar surface area (TPSA) is 3.88 Å². The molecule has 0 aliphatic heterocycles. The number of nitrogens with zero attached hydrogens (tertiary/aromatic N) is 1. The number of rotatable bonds is 2. The lowest BCUT2D eigenvalue weighted by molar-refractivity contribution is -0.661. The van der Waals surface area contributed by atoms with Gasteiger partial charge in [0, 0.05) is 16.7 Å². The van der Waals surface area contributed by atoms with Crippen LogP contribution in [0.25, 0.3) is 11.3 Å². The van der Waals surface area contributed by atoms with Gasteiger partial charge in [-0.25, -0.2) is 4.57 Å². The maximum Gasteiger partial charge on any atom is 0.215 e. The summed E-state index contributed by atoms with van der Waals surface area (Å²) in [5.74, 6) is 0.584. The summed E-state index contributed by atoms with van der Waals surface area (Å²) >= 11 is 0. The molecule has 100 valence electrons. The molecule has 0 atom stereocenters. The Labute approximate surface area is 116 Å². The summed E-state index contributed by atoms with van der Waals surface area (Å²) in [5, 5.41) is 0. The van der Waals surface area contributed by atoms with E-state index >= 15 is 0 Å². The number of hydrogen-bond donors (Lipinski definition) is 0. The van der Waals surface area contributed by atoms with Crippen molar-refractivity contribution >= 4 is 0 Å². The fraction of sp³-hybridized carbons (Fsp3) is 0.389. The summed E-state index contributed by atoms with van der Waals surface area (Å²) in [5.41, 5.74) is 8.06. The van der Waals surface area contributed by atoms with Crippen molar-refractivity contribution in [2.24, 2.45) is 7.05 Å². The Bertz CT molecular complexity index is 586. The molecule has 2 aromatic rings. The van der Waals surface area contributed by atoms with Gasteiger partial charge >= 0.3 is 0 Å². The fourth-order valence-electron chi connectivity index (χ4n) is 2.81. The van der Waals surface area contributed by atoms with Gasteiger partial charge in [0.05, 0.1) is 0 Å². The van der Waals surface area contributed by atoms with E-state index in [-0.39, 0.29) is 0 Å². The number of hydrogen-bond acceptors (Lipinski definition) is 0. The third-order valence-corrected chi connectivity index (χ3v) is 3.74. The lowest BCUT2D eigenvalue weighted by atomic mass is 9.94. The van der Waals surface area contributed by atoms with Gasteiger partial charge in [-0.05, 0) is 49.9 Å². The number of benzene rings is 1. The molecule has 0 spiro atoms. The van der Waals surface area contributed by atoms with Gasteiger partial charge < -0.3 is 0 Å². The van der Waals surface area contributed by atoms with Crippen molar-refractivity contribution in [2.45, 2.75) is 40.5 Å². The Morgan fingerprint density at radius 1 is 0.947 bits per heavy atom. The van der Waals surface area contributed by atoms with Crippen LogP contribution in [0.15, 0.2) is 30.5 Å². The van der Waals surface area contributed by atoms with Crippen LogP contribution in [-0.2, 0) is 7.05 Å². The normalized spacial score (nSPS) is 11.1. The molecular weight excluding hydrogens is 230 g/mol. The first kappa shape index (κ1) is 13.8. The van der Waals surface area contributed by atoms with Gasteiger partial charge in [-0.1, -0.05) is 26.0 Å². The highest BCUT2D eigenvalue weighted by atomic mass is 14.9. The average molecular weight is 254 g/mol. The molecule has 0 bridgehead atoms. The first-order valence-electron chi connectivity index (χ1n) is 6.98. The highest BCUT2D eigenvalue weighted by molar-refractivity contribution is 5.64. The summed E-state index contributed by atoms with van der Waals surface area (Å²) in [6.07, 6.45) is 2.19. The van der Waals surface area contributed by atoms with E-state index in [1.54, 1.807) is 0 Å². The number of pyridine rings is 1. The minimum absolute atomic E-state index is 0.584. The Morgan fingerprint density at radius 2 is 1.63 bits per heavy atom. The van der Waals surface area contributed by atoms with Crippen molar-refractivity contribution in [3.63, 3.8) is 0 Å². The minimum atomic E-state index is 0.584. The molecule has 1 heterocycles. The zero-order valence-electron chi connectivity index (χ0n) is 12.9. The van der Waals surface area contributed by atoms with Crippen molar-refractivity contribution < 1.29 is 4.57 Å². The Morgan fingerprint density at radius 3 is 2.16 bits per heavy atom. The second-order valence-electron chi connectivity index (χ2n) is 5.89. The smallest absolute Gasteiger partial charge is 0.201 e. The Balaban J connectivity index is 2.60. The Kier molecular flexibility index (Phi) is 3.75. The van der Waals surface area contributed by atoms with Gasteiger partial charge in [-0.15, -0.1) is 0 Å². The number of aryl methyl sites for hydroxylation is 4. The van der Waals surface area contributed by atoms with Crippen LogP contribution in [0.4, 0.5) is 0 Å². The fourth-order valence-corrected chi connectivity index (χ4v) is 2.81. The van der Waals surface area contributed by atoms with Gasteiger partial charge in [-0.2, -0.15) is 0 Å². The first-order chi connectivity index (χ1) is 8.90. The maximum atomic E-state index is 2.32. The molecule has 1 aromatic heterocycles. The SMILES string of the molecule is Cc1cc(C)c(-c2ccc(C(C)C)cc2C)[n+](C)c1. The van der Waals surface area contributed by atoms with Gasteiger partial charge in [-0.3, -0.25) is 0 Å². The van der Waals surface area contributed by atoms with Gasteiger partial charge in [0.1, 0.15) is 7.05 Å². The van der Waals surface area contributed by atoms with Crippen molar-refractivity contribution in [3.8, 4) is 11.3 Å². The standard InChI is InChI=1S/C18H24N/c1-12(2)16-7-8-17(14(4)10-16)18-15(5)9-13(3)11-19(18)6/h7-12H,1-6H3/q+1. The molecule has 0 N–H and O–H groups in total. The van der Waals surface area contributed by atoms with Gasteiger partial charge in [0.25, 0.3) is 0 Å². The first-order valence-corrected chi connectivity index (χ1v) is 6.98. The molecule has 1 nitrogen and oxygen atoms in total. The molecule has 2 rings (SSSR count). The Hall–Kier alpha value is -1.63. The van der Waals surface area contributed by atoms with E-state index in [9.17, 15) is 0 Å². The van der Waals surface area contributed by atoms with Crippen LogP contribution in [0.5, 0.6) is 0 Å². The van der Waals surface area contributed by atoms with E-state index in [0.29, 0.717) is 5.92 Å². The van der Waals surface area contributed by atoms with Crippen LogP contribution in [0.3, 0.4) is 0 Å². The van der Waals surface area contributed by atoms with Crippen molar-refractivity contribution in [1.82, 2.24) is 0 Å². The van der Waals surface area contributed by atoms with Crippen molar-refractivity contribution in [1.29, 1.82) is 0 Å². The second-order valence-corrected chi connectivity index (χ2v) is 5.89. The molecule has 1 heteroatoms.